The molecule has 1 unspecified atom stereocenters. The Labute approximate surface area is 177 Å². The van der Waals surface area contributed by atoms with Crippen molar-refractivity contribution in [2.75, 3.05) is 0 Å². The number of thiophene rings is 1. The van der Waals surface area contributed by atoms with Gasteiger partial charge in [0.1, 0.15) is 16.4 Å². The van der Waals surface area contributed by atoms with Crippen LogP contribution in [0, 0.1) is 0 Å². The number of rotatable bonds is 6. The second kappa shape index (κ2) is 8.63. The van der Waals surface area contributed by atoms with E-state index in [9.17, 15) is 4.79 Å². The summed E-state index contributed by atoms with van der Waals surface area (Å²) in [6, 6.07) is 12.3. The van der Waals surface area contributed by atoms with Crippen molar-refractivity contribution < 1.29 is 4.79 Å². The third-order valence-corrected chi connectivity index (χ3v) is 6.36. The molecular weight excluding hydrogens is 400 g/mol. The number of hydrogen-bond acceptors (Lipinski definition) is 6. The topological polar surface area (TPSA) is 67.8 Å². The molecule has 4 rings (SSSR count). The maximum absolute atomic E-state index is 12.9. The van der Waals surface area contributed by atoms with E-state index in [0.717, 1.165) is 10.4 Å². The van der Waals surface area contributed by atoms with Gasteiger partial charge in [0.2, 0.25) is 0 Å². The first kappa shape index (κ1) is 19.4. The highest BCUT2D eigenvalue weighted by Gasteiger charge is 2.21. The summed E-state index contributed by atoms with van der Waals surface area (Å²) in [4.78, 5) is 26.8. The molecule has 146 valence electrons. The van der Waals surface area contributed by atoms with Crippen LogP contribution in [0.1, 0.15) is 52.3 Å². The van der Waals surface area contributed by atoms with Gasteiger partial charge in [-0.3, -0.25) is 14.8 Å². The second-order valence-corrected chi connectivity index (χ2v) is 8.71. The largest absolute Gasteiger partial charge is 0.339 e. The van der Waals surface area contributed by atoms with Crippen LogP contribution in [0.3, 0.4) is 0 Å². The van der Waals surface area contributed by atoms with Crippen LogP contribution in [0.2, 0.25) is 0 Å². The number of benzene rings is 1. The summed E-state index contributed by atoms with van der Waals surface area (Å²) >= 11 is 3.01. The zero-order chi connectivity index (χ0) is 20.2. The molecule has 0 spiro atoms. The molecule has 3 aromatic heterocycles. The van der Waals surface area contributed by atoms with Crippen molar-refractivity contribution in [3.05, 3.63) is 87.4 Å². The molecule has 0 bridgehead atoms. The normalized spacial score (nSPS) is 12.1. The van der Waals surface area contributed by atoms with Crippen molar-refractivity contribution in [3.63, 3.8) is 0 Å². The SMILES string of the molecule is CC(C)c1ccc(C(NC(=O)c2csc(-c3cnccn3)n2)c2cccs2)cc1. The van der Waals surface area contributed by atoms with Crippen LogP contribution in [-0.2, 0) is 0 Å². The summed E-state index contributed by atoms with van der Waals surface area (Å²) in [5, 5.41) is 7.60. The van der Waals surface area contributed by atoms with Crippen molar-refractivity contribution in [1.82, 2.24) is 20.3 Å². The molecule has 0 aliphatic heterocycles. The molecule has 0 fully saturated rings. The predicted octanol–water partition coefficient (Wildman–Crippen LogP) is 5.30. The van der Waals surface area contributed by atoms with Gasteiger partial charge in [-0.25, -0.2) is 4.98 Å². The number of carbonyl (C=O) groups is 1. The number of thiazole rings is 1. The van der Waals surface area contributed by atoms with Crippen molar-refractivity contribution in [1.29, 1.82) is 0 Å². The summed E-state index contributed by atoms with van der Waals surface area (Å²) in [5.41, 5.74) is 3.37. The first-order valence-electron chi connectivity index (χ1n) is 9.28. The van der Waals surface area contributed by atoms with Gasteiger partial charge in [0, 0.05) is 22.7 Å². The van der Waals surface area contributed by atoms with Crippen LogP contribution in [0.5, 0.6) is 0 Å². The van der Waals surface area contributed by atoms with E-state index in [1.165, 1.54) is 16.9 Å². The predicted molar refractivity (Wildman–Crippen MR) is 117 cm³/mol. The van der Waals surface area contributed by atoms with Gasteiger partial charge in [0.25, 0.3) is 5.91 Å². The van der Waals surface area contributed by atoms with Crippen molar-refractivity contribution in [2.45, 2.75) is 25.8 Å². The van der Waals surface area contributed by atoms with Crippen molar-refractivity contribution in [3.8, 4) is 10.7 Å². The lowest BCUT2D eigenvalue weighted by atomic mass is 9.98. The highest BCUT2D eigenvalue weighted by Crippen LogP contribution is 2.28. The third kappa shape index (κ3) is 4.41. The van der Waals surface area contributed by atoms with E-state index in [4.69, 9.17) is 0 Å². The molecule has 0 saturated heterocycles. The van der Waals surface area contributed by atoms with Gasteiger partial charge in [-0.2, -0.15) is 0 Å². The monoisotopic (exact) mass is 420 g/mol. The summed E-state index contributed by atoms with van der Waals surface area (Å²) in [6.45, 7) is 4.34. The van der Waals surface area contributed by atoms with Crippen LogP contribution in [0.25, 0.3) is 10.7 Å². The van der Waals surface area contributed by atoms with Crippen LogP contribution < -0.4 is 5.32 Å². The lowest BCUT2D eigenvalue weighted by Gasteiger charge is -2.18. The van der Waals surface area contributed by atoms with Crippen molar-refractivity contribution >= 4 is 28.6 Å². The van der Waals surface area contributed by atoms with Crippen LogP contribution in [-0.4, -0.2) is 20.9 Å². The Kier molecular flexibility index (Phi) is 5.78. The van der Waals surface area contributed by atoms with Gasteiger partial charge in [0.15, 0.2) is 0 Å². The van der Waals surface area contributed by atoms with Gasteiger partial charge in [0.05, 0.1) is 12.2 Å². The fourth-order valence-electron chi connectivity index (χ4n) is 2.96. The summed E-state index contributed by atoms with van der Waals surface area (Å²) < 4.78 is 0. The fraction of sp³-hybridized carbons (Fsp3) is 0.182. The number of hydrogen-bond donors (Lipinski definition) is 1. The van der Waals surface area contributed by atoms with E-state index >= 15 is 0 Å². The number of nitrogens with one attached hydrogen (secondary N) is 1. The van der Waals surface area contributed by atoms with E-state index in [-0.39, 0.29) is 11.9 Å². The average Bonchev–Trinajstić information content (AvgIpc) is 3.45. The molecule has 0 saturated carbocycles. The number of amides is 1. The minimum Gasteiger partial charge on any atom is -0.339 e. The minimum absolute atomic E-state index is 0.206. The van der Waals surface area contributed by atoms with Gasteiger partial charge in [-0.05, 0) is 28.5 Å². The Morgan fingerprint density at radius 2 is 1.83 bits per heavy atom. The second-order valence-electron chi connectivity index (χ2n) is 6.87. The Morgan fingerprint density at radius 1 is 1.03 bits per heavy atom. The third-order valence-electron chi connectivity index (χ3n) is 4.56. The van der Waals surface area contributed by atoms with Crippen molar-refractivity contribution in [2.24, 2.45) is 0 Å². The molecule has 3 heterocycles. The maximum atomic E-state index is 12.9. The fourth-order valence-corrected chi connectivity index (χ4v) is 4.52. The molecule has 7 heteroatoms. The number of aromatic nitrogens is 3. The molecule has 4 aromatic rings. The standard InChI is InChI=1S/C22H20N4OS2/c1-14(2)15-5-7-16(8-6-15)20(19-4-3-11-28-19)26-21(27)18-13-29-22(25-18)17-12-23-9-10-24-17/h3-14,20H,1-2H3,(H,26,27). The lowest BCUT2D eigenvalue weighted by Crippen LogP contribution is -2.29. The van der Waals surface area contributed by atoms with E-state index in [0.29, 0.717) is 22.3 Å². The molecule has 5 nitrogen and oxygen atoms in total. The van der Waals surface area contributed by atoms with E-state index in [1.807, 2.05) is 17.5 Å². The molecule has 1 atom stereocenters. The van der Waals surface area contributed by atoms with Crippen LogP contribution in [0.4, 0.5) is 0 Å². The molecule has 1 amide bonds. The summed E-state index contributed by atoms with van der Waals surface area (Å²) in [6.07, 6.45) is 4.87. The van der Waals surface area contributed by atoms with E-state index in [2.05, 4.69) is 58.4 Å². The lowest BCUT2D eigenvalue weighted by molar-refractivity contribution is 0.0939. The van der Waals surface area contributed by atoms with Gasteiger partial charge in [-0.15, -0.1) is 22.7 Å². The highest BCUT2D eigenvalue weighted by atomic mass is 32.1. The zero-order valence-electron chi connectivity index (χ0n) is 16.1. The summed E-state index contributed by atoms with van der Waals surface area (Å²) in [7, 11) is 0. The Hall–Kier alpha value is -2.90. The Balaban J connectivity index is 1.58. The van der Waals surface area contributed by atoms with E-state index < -0.39 is 0 Å². The zero-order valence-corrected chi connectivity index (χ0v) is 17.7. The smallest absolute Gasteiger partial charge is 0.271 e. The van der Waals surface area contributed by atoms with E-state index in [1.54, 1.807) is 35.3 Å². The Bertz CT molecular complexity index is 1070. The quantitative estimate of drug-likeness (QED) is 0.459. The van der Waals surface area contributed by atoms with Crippen LogP contribution in [0.15, 0.2) is 65.7 Å². The minimum atomic E-state index is -0.217. The van der Waals surface area contributed by atoms with Crippen LogP contribution >= 0.6 is 22.7 Å². The molecular formula is C22H20N4OS2. The molecule has 0 aliphatic rings. The number of carbonyl (C=O) groups excluding carboxylic acids is 1. The molecule has 1 N–H and O–H groups in total. The first-order valence-corrected chi connectivity index (χ1v) is 11.0. The van der Waals surface area contributed by atoms with Gasteiger partial charge < -0.3 is 5.32 Å². The van der Waals surface area contributed by atoms with Gasteiger partial charge >= 0.3 is 0 Å². The molecule has 1 aromatic carbocycles. The number of nitrogens with zero attached hydrogens (tertiary/aromatic N) is 3. The highest BCUT2D eigenvalue weighted by molar-refractivity contribution is 7.13. The Morgan fingerprint density at radius 3 is 2.48 bits per heavy atom. The first-order chi connectivity index (χ1) is 14.1. The maximum Gasteiger partial charge on any atom is 0.271 e. The summed E-state index contributed by atoms with van der Waals surface area (Å²) in [5.74, 6) is 0.260. The molecule has 0 radical (unpaired) electrons. The van der Waals surface area contributed by atoms with Gasteiger partial charge in [-0.1, -0.05) is 44.2 Å². The molecule has 0 aliphatic carbocycles. The average molecular weight is 421 g/mol. The molecule has 29 heavy (non-hydrogen) atoms.